The largest absolute Gasteiger partial charge is 0.385 e. The van der Waals surface area contributed by atoms with Crippen molar-refractivity contribution in [3.63, 3.8) is 0 Å². The molecule has 3 rings (SSSR count). The van der Waals surface area contributed by atoms with Gasteiger partial charge in [-0.15, -0.1) is 0 Å². The van der Waals surface area contributed by atoms with Gasteiger partial charge in [0.2, 0.25) is 0 Å². The summed E-state index contributed by atoms with van der Waals surface area (Å²) in [4.78, 5) is 0. The summed E-state index contributed by atoms with van der Waals surface area (Å²) < 4.78 is 0. The minimum atomic E-state index is -0.828. The van der Waals surface area contributed by atoms with Crippen molar-refractivity contribution in [2.75, 3.05) is 0 Å². The van der Waals surface area contributed by atoms with Crippen LogP contribution >= 0.6 is 0 Å². The van der Waals surface area contributed by atoms with Gasteiger partial charge in [0.15, 0.2) is 0 Å². The van der Waals surface area contributed by atoms with Crippen LogP contribution < -0.4 is 0 Å². The molecule has 0 bridgehead atoms. The van der Waals surface area contributed by atoms with Gasteiger partial charge >= 0.3 is 0 Å². The first-order valence-corrected chi connectivity index (χ1v) is 5.33. The number of hydrogen-bond donors (Lipinski definition) is 2. The van der Waals surface area contributed by atoms with Crippen LogP contribution in [-0.2, 0) is 0 Å². The van der Waals surface area contributed by atoms with Crippen molar-refractivity contribution in [3.05, 3.63) is 59.7 Å². The maximum Gasteiger partial charge on any atom is 0.110 e. The van der Waals surface area contributed by atoms with Gasteiger partial charge in [-0.25, -0.2) is 0 Å². The van der Waals surface area contributed by atoms with Crippen molar-refractivity contribution >= 4 is 0 Å². The highest BCUT2D eigenvalue weighted by Gasteiger charge is 2.30. The van der Waals surface area contributed by atoms with Gasteiger partial charge in [0, 0.05) is 0 Å². The normalized spacial score (nSPS) is 22.4. The van der Waals surface area contributed by atoms with Crippen molar-refractivity contribution < 1.29 is 10.2 Å². The molecule has 0 heterocycles. The van der Waals surface area contributed by atoms with E-state index >= 15 is 0 Å². The first-order chi connectivity index (χ1) is 7.79. The van der Waals surface area contributed by atoms with E-state index in [2.05, 4.69) is 0 Å². The second kappa shape index (κ2) is 3.44. The van der Waals surface area contributed by atoms with Crippen LogP contribution in [0.25, 0.3) is 11.1 Å². The zero-order valence-corrected chi connectivity index (χ0v) is 8.67. The van der Waals surface area contributed by atoms with Crippen LogP contribution in [0.2, 0.25) is 0 Å². The summed E-state index contributed by atoms with van der Waals surface area (Å²) in [5.41, 5.74) is 3.62. The summed E-state index contributed by atoms with van der Waals surface area (Å²) in [6.07, 6.45) is -1.66. The quantitative estimate of drug-likeness (QED) is 0.704. The molecule has 0 fully saturated rings. The maximum atomic E-state index is 10.0. The molecular formula is C14H12O2. The first-order valence-electron chi connectivity index (χ1n) is 5.33. The summed E-state index contributed by atoms with van der Waals surface area (Å²) in [6, 6.07) is 15.3. The highest BCUT2D eigenvalue weighted by atomic mass is 16.3. The Labute approximate surface area is 93.8 Å². The van der Waals surface area contributed by atoms with E-state index in [1.165, 1.54) is 0 Å². The third-order valence-corrected chi connectivity index (χ3v) is 3.15. The van der Waals surface area contributed by atoms with Crippen LogP contribution in [0.5, 0.6) is 0 Å². The molecule has 2 nitrogen and oxygen atoms in total. The van der Waals surface area contributed by atoms with Gasteiger partial charge in [0.05, 0.1) is 0 Å². The Morgan fingerprint density at radius 1 is 0.625 bits per heavy atom. The zero-order valence-electron chi connectivity index (χ0n) is 8.67. The lowest BCUT2D eigenvalue weighted by atomic mass is 9.82. The second-order valence-electron chi connectivity index (χ2n) is 4.06. The first kappa shape index (κ1) is 9.58. The molecule has 0 aliphatic heterocycles. The molecule has 0 amide bonds. The van der Waals surface area contributed by atoms with Gasteiger partial charge in [0.25, 0.3) is 0 Å². The third kappa shape index (κ3) is 1.21. The Kier molecular flexibility index (Phi) is 2.06. The number of fused-ring (bicyclic) bond motifs is 3. The van der Waals surface area contributed by atoms with Crippen LogP contribution in [0.4, 0.5) is 0 Å². The van der Waals surface area contributed by atoms with E-state index in [1.807, 2.05) is 48.5 Å². The monoisotopic (exact) mass is 212 g/mol. The topological polar surface area (TPSA) is 40.5 Å². The summed E-state index contributed by atoms with van der Waals surface area (Å²) in [7, 11) is 0. The summed E-state index contributed by atoms with van der Waals surface area (Å²) in [6.45, 7) is 0. The zero-order chi connectivity index (χ0) is 11.1. The van der Waals surface area contributed by atoms with Crippen LogP contribution in [-0.4, -0.2) is 10.2 Å². The fourth-order valence-electron chi connectivity index (χ4n) is 2.34. The minimum absolute atomic E-state index is 0.800. The van der Waals surface area contributed by atoms with Gasteiger partial charge in [-0.05, 0) is 22.3 Å². The van der Waals surface area contributed by atoms with Crippen LogP contribution in [0.15, 0.2) is 48.5 Å². The van der Waals surface area contributed by atoms with Crippen LogP contribution in [0.1, 0.15) is 23.3 Å². The average molecular weight is 212 g/mol. The van der Waals surface area contributed by atoms with Crippen molar-refractivity contribution in [3.8, 4) is 11.1 Å². The fourth-order valence-corrected chi connectivity index (χ4v) is 2.34. The minimum Gasteiger partial charge on any atom is -0.385 e. The molecule has 2 atom stereocenters. The van der Waals surface area contributed by atoms with E-state index in [4.69, 9.17) is 0 Å². The van der Waals surface area contributed by atoms with Gasteiger partial charge in [-0.2, -0.15) is 0 Å². The predicted octanol–water partition coefficient (Wildman–Crippen LogP) is 2.43. The molecule has 2 aromatic carbocycles. The summed E-state index contributed by atoms with van der Waals surface area (Å²) in [5.74, 6) is 0. The smallest absolute Gasteiger partial charge is 0.110 e. The second-order valence-corrected chi connectivity index (χ2v) is 4.06. The Morgan fingerprint density at radius 2 is 1.00 bits per heavy atom. The van der Waals surface area contributed by atoms with Crippen molar-refractivity contribution in [1.82, 2.24) is 0 Å². The van der Waals surface area contributed by atoms with Crippen molar-refractivity contribution in [1.29, 1.82) is 0 Å². The molecule has 2 N–H and O–H groups in total. The van der Waals surface area contributed by atoms with E-state index in [9.17, 15) is 10.2 Å². The number of rotatable bonds is 0. The Morgan fingerprint density at radius 3 is 1.44 bits per heavy atom. The molecule has 1 unspecified atom stereocenters. The SMILES string of the molecule is OC1c2ccccc2-c2ccccc2[C@H]1O. The molecule has 0 saturated carbocycles. The van der Waals surface area contributed by atoms with E-state index in [1.54, 1.807) is 0 Å². The highest BCUT2D eigenvalue weighted by molar-refractivity contribution is 5.74. The molecule has 1 aliphatic carbocycles. The van der Waals surface area contributed by atoms with Gasteiger partial charge in [-0.1, -0.05) is 48.5 Å². The Bertz CT molecular complexity index is 484. The fraction of sp³-hybridized carbons (Fsp3) is 0.143. The van der Waals surface area contributed by atoms with Crippen LogP contribution in [0.3, 0.4) is 0 Å². The highest BCUT2D eigenvalue weighted by Crippen LogP contribution is 2.43. The average Bonchev–Trinajstić information content (AvgIpc) is 2.36. The number of aliphatic hydroxyl groups excluding tert-OH is 2. The molecular weight excluding hydrogens is 200 g/mol. The molecule has 0 saturated heterocycles. The lowest BCUT2D eigenvalue weighted by molar-refractivity contribution is 0.0158. The molecule has 1 aliphatic rings. The summed E-state index contributed by atoms with van der Waals surface area (Å²) >= 11 is 0. The van der Waals surface area contributed by atoms with E-state index in [0.717, 1.165) is 22.3 Å². The molecule has 2 heteroatoms. The number of hydrogen-bond acceptors (Lipinski definition) is 2. The van der Waals surface area contributed by atoms with E-state index < -0.39 is 12.2 Å². The lowest BCUT2D eigenvalue weighted by Crippen LogP contribution is -2.16. The van der Waals surface area contributed by atoms with E-state index in [-0.39, 0.29) is 0 Å². The van der Waals surface area contributed by atoms with Gasteiger partial charge in [0.1, 0.15) is 12.2 Å². The number of aliphatic hydroxyl groups is 2. The van der Waals surface area contributed by atoms with Gasteiger partial charge < -0.3 is 10.2 Å². The molecule has 0 radical (unpaired) electrons. The number of benzene rings is 2. The van der Waals surface area contributed by atoms with E-state index in [0.29, 0.717) is 0 Å². The standard InChI is InChI=1S/C14H12O2/c15-13-11-7-3-1-5-9(11)10-6-2-4-8-12(10)14(13)16/h1-8,13-16H/t13-,14?/m1/s1. The third-order valence-electron chi connectivity index (χ3n) is 3.15. The predicted molar refractivity (Wildman–Crippen MR) is 61.8 cm³/mol. The van der Waals surface area contributed by atoms with Crippen LogP contribution in [0, 0.1) is 0 Å². The Balaban J connectivity index is 2.33. The molecule has 0 spiro atoms. The molecule has 0 aromatic heterocycles. The molecule has 2 aromatic rings. The molecule has 80 valence electrons. The lowest BCUT2D eigenvalue weighted by Gasteiger charge is -2.28. The Hall–Kier alpha value is -1.64. The van der Waals surface area contributed by atoms with Crippen molar-refractivity contribution in [2.24, 2.45) is 0 Å². The summed E-state index contributed by atoms with van der Waals surface area (Å²) in [5, 5.41) is 20.1. The van der Waals surface area contributed by atoms with Crippen molar-refractivity contribution in [2.45, 2.75) is 12.2 Å². The van der Waals surface area contributed by atoms with Gasteiger partial charge in [-0.3, -0.25) is 0 Å². The molecule has 16 heavy (non-hydrogen) atoms. The maximum absolute atomic E-state index is 10.0.